The van der Waals surface area contributed by atoms with E-state index in [1.165, 1.54) is 0 Å². The van der Waals surface area contributed by atoms with Crippen LogP contribution >= 0.6 is 0 Å². The molecule has 86 valence electrons. The molecule has 1 aliphatic rings. The van der Waals surface area contributed by atoms with Crippen LogP contribution < -0.4 is 11.1 Å². The number of carbonyl (C=O) groups is 2. The van der Waals surface area contributed by atoms with Gasteiger partial charge in [0.15, 0.2) is 0 Å². The van der Waals surface area contributed by atoms with Crippen molar-refractivity contribution in [3.8, 4) is 0 Å². The molecule has 1 fully saturated rings. The number of nitrogens with one attached hydrogen (secondary N) is 1. The first-order valence-corrected chi connectivity index (χ1v) is 5.20. The van der Waals surface area contributed by atoms with Crippen molar-refractivity contribution < 1.29 is 9.59 Å². The molecular formula is C10H19N3O2. The summed E-state index contributed by atoms with van der Waals surface area (Å²) in [5.74, 6) is -0.500. The Kier molecular flexibility index (Phi) is 3.34. The van der Waals surface area contributed by atoms with E-state index in [-0.39, 0.29) is 11.9 Å². The van der Waals surface area contributed by atoms with E-state index >= 15 is 0 Å². The number of hydrogen-bond acceptors (Lipinski definition) is 3. The van der Waals surface area contributed by atoms with Crippen LogP contribution in [0.4, 0.5) is 0 Å². The molecule has 2 amide bonds. The number of likely N-dealkylation sites (tertiary alicyclic amines) is 1. The number of nitrogens with two attached hydrogens (primary N) is 1. The highest BCUT2D eigenvalue weighted by Gasteiger charge is 2.40. The van der Waals surface area contributed by atoms with Crippen molar-refractivity contribution in [2.75, 3.05) is 13.6 Å². The molecule has 1 unspecified atom stereocenters. The van der Waals surface area contributed by atoms with E-state index in [2.05, 4.69) is 5.32 Å². The van der Waals surface area contributed by atoms with Gasteiger partial charge in [-0.3, -0.25) is 9.59 Å². The second kappa shape index (κ2) is 4.18. The lowest BCUT2D eigenvalue weighted by Gasteiger charge is -2.41. The SMILES string of the molecule is CNC1CCCN(C(C)(C)C(N)=O)C1=O. The predicted molar refractivity (Wildman–Crippen MR) is 57.1 cm³/mol. The molecule has 0 aromatic carbocycles. The predicted octanol–water partition coefficient (Wildman–Crippen LogP) is -0.539. The van der Waals surface area contributed by atoms with Crippen LogP contribution in [0.3, 0.4) is 0 Å². The Bertz CT molecular complexity index is 276. The molecule has 0 bridgehead atoms. The zero-order valence-corrected chi connectivity index (χ0v) is 9.54. The van der Waals surface area contributed by atoms with Crippen LogP contribution in [-0.2, 0) is 9.59 Å². The molecule has 1 saturated heterocycles. The minimum Gasteiger partial charge on any atom is -0.368 e. The van der Waals surface area contributed by atoms with Crippen LogP contribution in [0.5, 0.6) is 0 Å². The zero-order chi connectivity index (χ0) is 11.6. The van der Waals surface area contributed by atoms with Gasteiger partial charge in [-0.25, -0.2) is 0 Å². The van der Waals surface area contributed by atoms with E-state index in [0.29, 0.717) is 6.54 Å². The monoisotopic (exact) mass is 213 g/mol. The normalized spacial score (nSPS) is 23.0. The number of primary amides is 1. The highest BCUT2D eigenvalue weighted by molar-refractivity contribution is 5.92. The average Bonchev–Trinajstić information content (AvgIpc) is 2.17. The third kappa shape index (κ3) is 2.12. The number of hydrogen-bond donors (Lipinski definition) is 2. The maximum atomic E-state index is 12.0. The minimum absolute atomic E-state index is 0.0347. The number of nitrogens with zero attached hydrogens (tertiary/aromatic N) is 1. The number of piperidine rings is 1. The Morgan fingerprint density at radius 3 is 2.67 bits per heavy atom. The fraction of sp³-hybridized carbons (Fsp3) is 0.800. The molecule has 5 heteroatoms. The number of amides is 2. The summed E-state index contributed by atoms with van der Waals surface area (Å²) in [6, 6.07) is -0.183. The Morgan fingerprint density at radius 1 is 1.60 bits per heavy atom. The summed E-state index contributed by atoms with van der Waals surface area (Å²) in [5, 5.41) is 2.95. The second-order valence-electron chi connectivity index (χ2n) is 4.40. The molecule has 0 aliphatic carbocycles. The van der Waals surface area contributed by atoms with Crippen molar-refractivity contribution in [1.82, 2.24) is 10.2 Å². The van der Waals surface area contributed by atoms with Crippen molar-refractivity contribution in [2.45, 2.75) is 38.3 Å². The topological polar surface area (TPSA) is 75.4 Å². The first-order valence-electron chi connectivity index (χ1n) is 5.20. The van der Waals surface area contributed by atoms with Crippen LogP contribution in [0, 0.1) is 0 Å². The van der Waals surface area contributed by atoms with Crippen LogP contribution in [0.1, 0.15) is 26.7 Å². The Hall–Kier alpha value is -1.10. The van der Waals surface area contributed by atoms with Gasteiger partial charge in [-0.15, -0.1) is 0 Å². The molecule has 0 spiro atoms. The van der Waals surface area contributed by atoms with Crippen LogP contribution in [0.2, 0.25) is 0 Å². The van der Waals surface area contributed by atoms with Gasteiger partial charge >= 0.3 is 0 Å². The molecule has 1 rings (SSSR count). The maximum Gasteiger partial charge on any atom is 0.242 e. The molecule has 5 nitrogen and oxygen atoms in total. The summed E-state index contributed by atoms with van der Waals surface area (Å²) in [6.07, 6.45) is 1.72. The Balaban J connectivity index is 2.86. The highest BCUT2D eigenvalue weighted by atomic mass is 16.2. The molecule has 0 aromatic rings. The Morgan fingerprint density at radius 2 is 2.20 bits per heavy atom. The quantitative estimate of drug-likeness (QED) is 0.661. The first-order chi connectivity index (χ1) is 6.91. The number of rotatable bonds is 3. The zero-order valence-electron chi connectivity index (χ0n) is 9.54. The van der Waals surface area contributed by atoms with Gasteiger partial charge in [0.25, 0.3) is 0 Å². The van der Waals surface area contributed by atoms with Crippen molar-refractivity contribution in [1.29, 1.82) is 0 Å². The lowest BCUT2D eigenvalue weighted by atomic mass is 9.95. The van der Waals surface area contributed by atoms with E-state index in [0.717, 1.165) is 12.8 Å². The van der Waals surface area contributed by atoms with Gasteiger partial charge in [-0.05, 0) is 33.7 Å². The van der Waals surface area contributed by atoms with Gasteiger partial charge in [0, 0.05) is 6.54 Å². The van der Waals surface area contributed by atoms with Crippen molar-refractivity contribution in [3.05, 3.63) is 0 Å². The van der Waals surface area contributed by atoms with E-state index < -0.39 is 11.4 Å². The average molecular weight is 213 g/mol. The highest BCUT2D eigenvalue weighted by Crippen LogP contribution is 2.21. The summed E-state index contributed by atoms with van der Waals surface area (Å²) in [7, 11) is 1.75. The summed E-state index contributed by atoms with van der Waals surface area (Å²) in [6.45, 7) is 3.98. The smallest absolute Gasteiger partial charge is 0.242 e. The van der Waals surface area contributed by atoms with Gasteiger partial charge in [-0.2, -0.15) is 0 Å². The standard InChI is InChI=1S/C10H19N3O2/c1-10(2,9(11)15)13-6-4-5-7(12-3)8(13)14/h7,12H,4-6H2,1-3H3,(H2,11,15). The third-order valence-electron chi connectivity index (χ3n) is 3.06. The summed E-state index contributed by atoms with van der Waals surface area (Å²) in [5.41, 5.74) is 4.40. The van der Waals surface area contributed by atoms with E-state index in [1.54, 1.807) is 25.8 Å². The van der Waals surface area contributed by atoms with Gasteiger partial charge in [0.2, 0.25) is 11.8 Å². The van der Waals surface area contributed by atoms with Crippen molar-refractivity contribution in [2.24, 2.45) is 5.73 Å². The van der Waals surface area contributed by atoms with Crippen molar-refractivity contribution >= 4 is 11.8 Å². The van der Waals surface area contributed by atoms with Crippen molar-refractivity contribution in [3.63, 3.8) is 0 Å². The fourth-order valence-corrected chi connectivity index (χ4v) is 1.83. The molecule has 0 aromatic heterocycles. The van der Waals surface area contributed by atoms with E-state index in [4.69, 9.17) is 5.73 Å². The van der Waals surface area contributed by atoms with Gasteiger partial charge < -0.3 is 16.0 Å². The lowest BCUT2D eigenvalue weighted by molar-refractivity contribution is -0.148. The maximum absolute atomic E-state index is 12.0. The first kappa shape index (κ1) is 12.0. The minimum atomic E-state index is -0.896. The largest absolute Gasteiger partial charge is 0.368 e. The third-order valence-corrected chi connectivity index (χ3v) is 3.06. The van der Waals surface area contributed by atoms with Gasteiger partial charge in [-0.1, -0.05) is 0 Å². The van der Waals surface area contributed by atoms with Crippen LogP contribution in [-0.4, -0.2) is 41.9 Å². The van der Waals surface area contributed by atoms with E-state index in [1.807, 2.05) is 0 Å². The fourth-order valence-electron chi connectivity index (χ4n) is 1.83. The summed E-state index contributed by atoms with van der Waals surface area (Å²) in [4.78, 5) is 24.8. The number of likely N-dealkylation sites (N-methyl/N-ethyl adjacent to an activating group) is 1. The van der Waals surface area contributed by atoms with Crippen LogP contribution in [0.25, 0.3) is 0 Å². The summed E-state index contributed by atoms with van der Waals surface area (Å²) < 4.78 is 0. The van der Waals surface area contributed by atoms with E-state index in [9.17, 15) is 9.59 Å². The molecule has 15 heavy (non-hydrogen) atoms. The molecule has 3 N–H and O–H groups in total. The Labute approximate surface area is 90.0 Å². The second-order valence-corrected chi connectivity index (χ2v) is 4.40. The lowest BCUT2D eigenvalue weighted by Crippen LogP contribution is -2.61. The van der Waals surface area contributed by atoms with Gasteiger partial charge in [0.1, 0.15) is 5.54 Å². The van der Waals surface area contributed by atoms with Gasteiger partial charge in [0.05, 0.1) is 6.04 Å². The molecule has 1 heterocycles. The molecule has 1 aliphatic heterocycles. The van der Waals surface area contributed by atoms with Crippen LogP contribution in [0.15, 0.2) is 0 Å². The summed E-state index contributed by atoms with van der Waals surface area (Å²) >= 11 is 0. The molecular weight excluding hydrogens is 194 g/mol. The molecule has 0 radical (unpaired) electrons. The molecule has 1 atom stereocenters. The number of carbonyl (C=O) groups excluding carboxylic acids is 2. The molecule has 0 saturated carbocycles.